The maximum atomic E-state index is 6.38. The van der Waals surface area contributed by atoms with Crippen molar-refractivity contribution in [1.82, 2.24) is 5.32 Å². The van der Waals surface area contributed by atoms with Crippen molar-refractivity contribution in [3.63, 3.8) is 0 Å². The third-order valence-electron chi connectivity index (χ3n) is 3.65. The van der Waals surface area contributed by atoms with Crippen molar-refractivity contribution in [2.75, 3.05) is 19.8 Å². The minimum absolute atomic E-state index is 0.576. The Labute approximate surface area is 160 Å². The third kappa shape index (κ3) is 6.43. The van der Waals surface area contributed by atoms with Crippen LogP contribution in [0.3, 0.4) is 0 Å². The van der Waals surface area contributed by atoms with Crippen molar-refractivity contribution >= 4 is 23.2 Å². The maximum absolute atomic E-state index is 6.38. The lowest BCUT2D eigenvalue weighted by atomic mass is 10.1. The first kappa shape index (κ1) is 19.9. The van der Waals surface area contributed by atoms with Crippen LogP contribution in [-0.4, -0.2) is 19.8 Å². The molecule has 0 amide bonds. The van der Waals surface area contributed by atoms with Crippen molar-refractivity contribution in [3.8, 4) is 11.5 Å². The van der Waals surface area contributed by atoms with E-state index in [-0.39, 0.29) is 0 Å². The summed E-state index contributed by atoms with van der Waals surface area (Å²) in [6.45, 7) is 6.81. The molecule has 0 aliphatic heterocycles. The molecule has 0 fully saturated rings. The number of rotatable bonds is 10. The molecular formula is C20H25Cl2NO2. The lowest BCUT2D eigenvalue weighted by molar-refractivity contribution is 0.277. The maximum Gasteiger partial charge on any atom is 0.179 e. The smallest absolute Gasteiger partial charge is 0.179 e. The van der Waals surface area contributed by atoms with E-state index in [1.807, 2.05) is 43.3 Å². The first-order valence-electron chi connectivity index (χ1n) is 8.67. The Morgan fingerprint density at radius 2 is 1.72 bits per heavy atom. The van der Waals surface area contributed by atoms with Gasteiger partial charge in [-0.3, -0.25) is 0 Å². The van der Waals surface area contributed by atoms with Crippen molar-refractivity contribution in [1.29, 1.82) is 0 Å². The fourth-order valence-electron chi connectivity index (χ4n) is 2.45. The molecule has 0 spiro atoms. The van der Waals surface area contributed by atoms with Crippen molar-refractivity contribution in [3.05, 3.63) is 57.6 Å². The summed E-state index contributed by atoms with van der Waals surface area (Å²) in [7, 11) is 0. The zero-order valence-electron chi connectivity index (χ0n) is 14.8. The van der Waals surface area contributed by atoms with E-state index in [0.717, 1.165) is 36.5 Å². The predicted octanol–water partition coefficient (Wildman–Crippen LogP) is 5.51. The normalized spacial score (nSPS) is 10.7. The van der Waals surface area contributed by atoms with Gasteiger partial charge in [-0.2, -0.15) is 0 Å². The molecule has 0 aromatic heterocycles. The van der Waals surface area contributed by atoms with Crippen molar-refractivity contribution in [2.45, 2.75) is 33.2 Å². The number of halogens is 2. The molecule has 0 heterocycles. The lowest BCUT2D eigenvalue weighted by Crippen LogP contribution is -2.17. The predicted molar refractivity (Wildman–Crippen MR) is 105 cm³/mol. The molecule has 2 aromatic rings. The van der Waals surface area contributed by atoms with Gasteiger partial charge in [0, 0.05) is 11.6 Å². The van der Waals surface area contributed by atoms with E-state index in [0.29, 0.717) is 29.7 Å². The second-order valence-electron chi connectivity index (χ2n) is 5.74. The second kappa shape index (κ2) is 10.5. The van der Waals surface area contributed by atoms with E-state index < -0.39 is 0 Å². The summed E-state index contributed by atoms with van der Waals surface area (Å²) in [6, 6.07) is 11.9. The highest BCUT2D eigenvalue weighted by Crippen LogP contribution is 2.36. The summed E-state index contributed by atoms with van der Waals surface area (Å²) in [5.41, 5.74) is 2.33. The minimum Gasteiger partial charge on any atom is -0.490 e. The standard InChI is InChI=1S/C20H25Cl2NO2/c1-3-11-25-20-18(22)12-16(13-19(20)24-4-2)14-23-10-9-15-5-7-17(21)8-6-15/h5-8,12-13,23H,3-4,9-11,14H2,1-2H3. The van der Waals surface area contributed by atoms with E-state index in [2.05, 4.69) is 12.2 Å². The molecule has 1 N–H and O–H groups in total. The topological polar surface area (TPSA) is 30.5 Å². The molecule has 25 heavy (non-hydrogen) atoms. The van der Waals surface area contributed by atoms with Crippen LogP contribution >= 0.6 is 23.2 Å². The Bertz CT molecular complexity index is 659. The highest BCUT2D eigenvalue weighted by atomic mass is 35.5. The van der Waals surface area contributed by atoms with Crippen LogP contribution in [0.25, 0.3) is 0 Å². The number of ether oxygens (including phenoxy) is 2. The van der Waals surface area contributed by atoms with Gasteiger partial charge in [0.15, 0.2) is 11.5 Å². The van der Waals surface area contributed by atoms with E-state index in [1.165, 1.54) is 5.56 Å². The summed E-state index contributed by atoms with van der Waals surface area (Å²) in [4.78, 5) is 0. The van der Waals surface area contributed by atoms with Crippen LogP contribution in [0.15, 0.2) is 36.4 Å². The second-order valence-corrected chi connectivity index (χ2v) is 6.58. The summed E-state index contributed by atoms with van der Waals surface area (Å²) >= 11 is 12.3. The van der Waals surface area contributed by atoms with Crippen LogP contribution < -0.4 is 14.8 Å². The number of hydrogen-bond donors (Lipinski definition) is 1. The van der Waals surface area contributed by atoms with Crippen LogP contribution in [0.5, 0.6) is 11.5 Å². The van der Waals surface area contributed by atoms with Crippen LogP contribution in [0.1, 0.15) is 31.4 Å². The van der Waals surface area contributed by atoms with Crippen LogP contribution in [0.4, 0.5) is 0 Å². The molecule has 0 aliphatic rings. The highest BCUT2D eigenvalue weighted by Gasteiger charge is 2.12. The van der Waals surface area contributed by atoms with Crippen LogP contribution in [0.2, 0.25) is 10.0 Å². The Hall–Kier alpha value is -1.42. The monoisotopic (exact) mass is 381 g/mol. The van der Waals surface area contributed by atoms with Gasteiger partial charge in [0.2, 0.25) is 0 Å². The molecule has 0 radical (unpaired) electrons. The Kier molecular flexibility index (Phi) is 8.39. The van der Waals surface area contributed by atoms with Crippen LogP contribution in [0, 0.1) is 0 Å². The molecule has 2 aromatic carbocycles. The fourth-order valence-corrected chi connectivity index (χ4v) is 2.86. The van der Waals surface area contributed by atoms with E-state index in [1.54, 1.807) is 0 Å². The van der Waals surface area contributed by atoms with Gasteiger partial charge in [-0.15, -0.1) is 0 Å². The highest BCUT2D eigenvalue weighted by molar-refractivity contribution is 6.32. The summed E-state index contributed by atoms with van der Waals surface area (Å²) in [6.07, 6.45) is 1.87. The summed E-state index contributed by atoms with van der Waals surface area (Å²) < 4.78 is 11.4. The molecule has 0 aliphatic carbocycles. The lowest BCUT2D eigenvalue weighted by Gasteiger charge is -2.15. The van der Waals surface area contributed by atoms with Crippen LogP contribution in [-0.2, 0) is 13.0 Å². The number of benzene rings is 2. The van der Waals surface area contributed by atoms with Gasteiger partial charge in [0.1, 0.15) is 0 Å². The third-order valence-corrected chi connectivity index (χ3v) is 4.19. The molecular weight excluding hydrogens is 357 g/mol. The van der Waals surface area contributed by atoms with Gasteiger partial charge in [-0.05, 0) is 61.7 Å². The average Bonchev–Trinajstić information content (AvgIpc) is 2.60. The molecule has 0 atom stereocenters. The summed E-state index contributed by atoms with van der Waals surface area (Å²) in [5.74, 6) is 1.34. The van der Waals surface area contributed by atoms with Gasteiger partial charge >= 0.3 is 0 Å². The van der Waals surface area contributed by atoms with Gasteiger partial charge < -0.3 is 14.8 Å². The quantitative estimate of drug-likeness (QED) is 0.550. The van der Waals surface area contributed by atoms with Gasteiger partial charge in [0.25, 0.3) is 0 Å². The van der Waals surface area contributed by atoms with E-state index in [9.17, 15) is 0 Å². The first-order chi connectivity index (χ1) is 12.1. The van der Waals surface area contributed by atoms with Gasteiger partial charge in [0.05, 0.1) is 18.2 Å². The summed E-state index contributed by atoms with van der Waals surface area (Å²) in [5, 5.41) is 4.79. The number of hydrogen-bond acceptors (Lipinski definition) is 3. The fraction of sp³-hybridized carbons (Fsp3) is 0.400. The Morgan fingerprint density at radius 3 is 2.40 bits per heavy atom. The molecule has 0 bridgehead atoms. The Morgan fingerprint density at radius 1 is 0.960 bits per heavy atom. The molecule has 5 heteroatoms. The zero-order chi connectivity index (χ0) is 18.1. The van der Waals surface area contributed by atoms with E-state index in [4.69, 9.17) is 32.7 Å². The SMILES string of the molecule is CCCOc1c(Cl)cc(CNCCc2ccc(Cl)cc2)cc1OCC. The zero-order valence-corrected chi connectivity index (χ0v) is 16.3. The van der Waals surface area contributed by atoms with Crippen molar-refractivity contribution in [2.24, 2.45) is 0 Å². The van der Waals surface area contributed by atoms with Crippen molar-refractivity contribution < 1.29 is 9.47 Å². The molecule has 0 saturated carbocycles. The number of nitrogens with one attached hydrogen (secondary N) is 1. The minimum atomic E-state index is 0.576. The molecule has 0 unspecified atom stereocenters. The van der Waals surface area contributed by atoms with Gasteiger partial charge in [-0.25, -0.2) is 0 Å². The van der Waals surface area contributed by atoms with Gasteiger partial charge in [-0.1, -0.05) is 42.3 Å². The van der Waals surface area contributed by atoms with E-state index >= 15 is 0 Å². The average molecular weight is 382 g/mol. The molecule has 0 saturated heterocycles. The largest absolute Gasteiger partial charge is 0.490 e. The molecule has 3 nitrogen and oxygen atoms in total. The molecule has 136 valence electrons. The first-order valence-corrected chi connectivity index (χ1v) is 9.42. The molecule has 2 rings (SSSR count). The Balaban J connectivity index is 1.93.